The van der Waals surface area contributed by atoms with Crippen molar-refractivity contribution in [2.45, 2.75) is 18.4 Å². The molecule has 2 N–H and O–H groups in total. The van der Waals surface area contributed by atoms with E-state index in [1.54, 1.807) is 18.3 Å². The van der Waals surface area contributed by atoms with Gasteiger partial charge >= 0.3 is 5.97 Å². The van der Waals surface area contributed by atoms with Gasteiger partial charge in [-0.1, -0.05) is 0 Å². The normalized spacial score (nSPS) is 16.6. The number of carbonyl (C=O) groups is 1. The van der Waals surface area contributed by atoms with Crippen molar-refractivity contribution in [3.63, 3.8) is 0 Å². The van der Waals surface area contributed by atoms with Gasteiger partial charge < -0.3 is 15.2 Å². The van der Waals surface area contributed by atoms with Gasteiger partial charge in [0.1, 0.15) is 11.4 Å². The number of aromatic nitrogens is 1. The van der Waals surface area contributed by atoms with E-state index in [0.717, 1.165) is 12.8 Å². The fraction of sp³-hybridized carbons (Fsp3) is 0.455. The molecule has 0 unspecified atom stereocenters. The summed E-state index contributed by atoms with van der Waals surface area (Å²) >= 11 is 0. The summed E-state index contributed by atoms with van der Waals surface area (Å²) in [4.78, 5) is 15.6. The Balaban J connectivity index is 2.23. The third-order valence-corrected chi connectivity index (χ3v) is 2.75. The summed E-state index contributed by atoms with van der Waals surface area (Å²) < 4.78 is 4.66. The third-order valence-electron chi connectivity index (χ3n) is 2.75. The van der Waals surface area contributed by atoms with Crippen LogP contribution in [-0.2, 0) is 4.74 Å². The zero-order valence-electron chi connectivity index (χ0n) is 9.06. The van der Waals surface area contributed by atoms with Crippen LogP contribution in [0, 0.1) is 0 Å². The Bertz CT molecular complexity index is 402. The van der Waals surface area contributed by atoms with Crippen LogP contribution in [-0.4, -0.2) is 35.3 Å². The van der Waals surface area contributed by atoms with Crippen LogP contribution in [0.1, 0.15) is 23.2 Å². The van der Waals surface area contributed by atoms with Crippen molar-refractivity contribution in [2.75, 3.05) is 19.0 Å². The smallest absolute Gasteiger partial charge is 0.341 e. The topological polar surface area (TPSA) is 71.5 Å². The van der Waals surface area contributed by atoms with Gasteiger partial charge in [0.25, 0.3) is 0 Å². The summed E-state index contributed by atoms with van der Waals surface area (Å²) in [6.07, 6.45) is 3.38. The van der Waals surface area contributed by atoms with E-state index >= 15 is 0 Å². The van der Waals surface area contributed by atoms with E-state index in [4.69, 9.17) is 0 Å². The van der Waals surface area contributed by atoms with Crippen molar-refractivity contribution in [1.82, 2.24) is 4.98 Å². The molecule has 0 saturated heterocycles. The van der Waals surface area contributed by atoms with Gasteiger partial charge in [0.15, 0.2) is 0 Å². The van der Waals surface area contributed by atoms with Gasteiger partial charge in [-0.05, 0) is 25.0 Å². The molecule has 1 aromatic heterocycles. The molecule has 0 radical (unpaired) electrons. The summed E-state index contributed by atoms with van der Waals surface area (Å²) in [5, 5.41) is 12.3. The molecule has 1 heterocycles. The molecular weight excluding hydrogens is 208 g/mol. The lowest BCUT2D eigenvalue weighted by molar-refractivity contribution is 0.0601. The first-order valence-corrected chi connectivity index (χ1v) is 5.13. The molecule has 1 fully saturated rings. The lowest BCUT2D eigenvalue weighted by Gasteiger charge is -2.16. The number of hydrogen-bond acceptors (Lipinski definition) is 5. The molecular formula is C11H14N2O3. The second-order valence-electron chi connectivity index (χ2n) is 3.95. The van der Waals surface area contributed by atoms with Crippen molar-refractivity contribution in [1.29, 1.82) is 0 Å². The highest BCUT2D eigenvalue weighted by molar-refractivity contribution is 5.94. The molecule has 5 heteroatoms. The quantitative estimate of drug-likeness (QED) is 0.737. The Hall–Kier alpha value is -1.62. The fourth-order valence-corrected chi connectivity index (χ4v) is 1.50. The zero-order chi connectivity index (χ0) is 11.6. The number of methoxy groups -OCH3 is 1. The number of aliphatic hydroxyl groups is 1. The number of aliphatic hydroxyl groups excluding tert-OH is 1. The fourth-order valence-electron chi connectivity index (χ4n) is 1.50. The monoisotopic (exact) mass is 222 g/mol. The molecule has 86 valence electrons. The van der Waals surface area contributed by atoms with Gasteiger partial charge in [-0.15, -0.1) is 0 Å². The average molecular weight is 222 g/mol. The molecule has 16 heavy (non-hydrogen) atoms. The molecule has 0 amide bonds. The van der Waals surface area contributed by atoms with Gasteiger partial charge in [-0.25, -0.2) is 9.78 Å². The lowest BCUT2D eigenvalue weighted by atomic mass is 10.2. The first kappa shape index (κ1) is 10.9. The summed E-state index contributed by atoms with van der Waals surface area (Å²) in [5.41, 5.74) is 0.0987. The number of ether oxygens (including phenoxy) is 1. The number of anilines is 1. The molecule has 0 aromatic carbocycles. The van der Waals surface area contributed by atoms with Crippen LogP contribution < -0.4 is 5.32 Å². The van der Waals surface area contributed by atoms with Gasteiger partial charge in [-0.2, -0.15) is 0 Å². The molecule has 1 aliphatic rings. The SMILES string of the molecule is COC(=O)c1cccnc1NC1(CO)CC1. The van der Waals surface area contributed by atoms with Crippen molar-refractivity contribution in [3.05, 3.63) is 23.9 Å². The van der Waals surface area contributed by atoms with E-state index in [9.17, 15) is 9.90 Å². The minimum atomic E-state index is -0.427. The number of rotatable bonds is 4. The van der Waals surface area contributed by atoms with Crippen LogP contribution in [0.5, 0.6) is 0 Å². The van der Waals surface area contributed by atoms with Gasteiger partial charge in [-0.3, -0.25) is 0 Å². The van der Waals surface area contributed by atoms with Gasteiger partial charge in [0.2, 0.25) is 0 Å². The summed E-state index contributed by atoms with van der Waals surface area (Å²) in [5.74, 6) is 0.0465. The minimum absolute atomic E-state index is 0.0458. The molecule has 5 nitrogen and oxygen atoms in total. The van der Waals surface area contributed by atoms with Gasteiger partial charge in [0, 0.05) is 6.20 Å². The highest BCUT2D eigenvalue weighted by atomic mass is 16.5. The van der Waals surface area contributed by atoms with Crippen molar-refractivity contribution in [3.8, 4) is 0 Å². The minimum Gasteiger partial charge on any atom is -0.465 e. The Labute approximate surface area is 93.5 Å². The molecule has 0 aliphatic heterocycles. The summed E-state index contributed by atoms with van der Waals surface area (Å²) in [6.45, 7) is 0.0458. The third kappa shape index (κ3) is 1.99. The predicted octanol–water partition coefficient (Wildman–Crippen LogP) is 0.805. The lowest BCUT2D eigenvalue weighted by Crippen LogP contribution is -2.27. The Morgan fingerprint density at radius 3 is 3.00 bits per heavy atom. The number of nitrogens with zero attached hydrogens (tertiary/aromatic N) is 1. The molecule has 2 rings (SSSR count). The number of esters is 1. The number of nitrogens with one attached hydrogen (secondary N) is 1. The summed E-state index contributed by atoms with van der Waals surface area (Å²) in [6, 6.07) is 3.32. The Morgan fingerprint density at radius 2 is 2.44 bits per heavy atom. The predicted molar refractivity (Wildman–Crippen MR) is 58.3 cm³/mol. The second-order valence-corrected chi connectivity index (χ2v) is 3.95. The largest absolute Gasteiger partial charge is 0.465 e. The highest BCUT2D eigenvalue weighted by Crippen LogP contribution is 2.38. The van der Waals surface area contributed by atoms with Crippen LogP contribution in [0.4, 0.5) is 5.82 Å². The number of pyridine rings is 1. The van der Waals surface area contributed by atoms with Crippen LogP contribution in [0.3, 0.4) is 0 Å². The average Bonchev–Trinajstić information content (AvgIpc) is 3.09. The van der Waals surface area contributed by atoms with Crippen molar-refractivity contribution >= 4 is 11.8 Å². The Morgan fingerprint density at radius 1 is 1.69 bits per heavy atom. The van der Waals surface area contributed by atoms with Crippen molar-refractivity contribution in [2.24, 2.45) is 0 Å². The summed E-state index contributed by atoms with van der Waals surface area (Å²) in [7, 11) is 1.33. The van der Waals surface area contributed by atoms with Crippen LogP contribution in [0.2, 0.25) is 0 Å². The molecule has 1 aliphatic carbocycles. The standard InChI is InChI=1S/C11H14N2O3/c1-16-10(15)8-3-2-6-12-9(8)13-11(7-14)4-5-11/h2-3,6,14H,4-5,7H2,1H3,(H,12,13). The zero-order valence-corrected chi connectivity index (χ0v) is 9.06. The van der Waals surface area contributed by atoms with Crippen LogP contribution in [0.25, 0.3) is 0 Å². The molecule has 0 spiro atoms. The maximum Gasteiger partial charge on any atom is 0.341 e. The van der Waals surface area contributed by atoms with Crippen molar-refractivity contribution < 1.29 is 14.6 Å². The number of carbonyl (C=O) groups excluding carboxylic acids is 1. The van der Waals surface area contributed by atoms with E-state index in [1.165, 1.54) is 7.11 Å². The first-order chi connectivity index (χ1) is 7.71. The van der Waals surface area contributed by atoms with E-state index in [0.29, 0.717) is 11.4 Å². The molecule has 1 saturated carbocycles. The van der Waals surface area contributed by atoms with E-state index in [-0.39, 0.29) is 12.1 Å². The second kappa shape index (κ2) is 4.09. The van der Waals surface area contributed by atoms with Crippen LogP contribution in [0.15, 0.2) is 18.3 Å². The number of hydrogen-bond donors (Lipinski definition) is 2. The maximum atomic E-state index is 11.5. The first-order valence-electron chi connectivity index (χ1n) is 5.13. The molecule has 1 aromatic rings. The van der Waals surface area contributed by atoms with E-state index in [2.05, 4.69) is 15.0 Å². The van der Waals surface area contributed by atoms with Crippen LogP contribution >= 0.6 is 0 Å². The van der Waals surface area contributed by atoms with E-state index < -0.39 is 5.97 Å². The molecule has 0 atom stereocenters. The van der Waals surface area contributed by atoms with E-state index in [1.807, 2.05) is 0 Å². The molecule has 0 bridgehead atoms. The Kier molecular flexibility index (Phi) is 2.78. The van der Waals surface area contributed by atoms with Gasteiger partial charge in [0.05, 0.1) is 19.3 Å². The maximum absolute atomic E-state index is 11.5. The highest BCUT2D eigenvalue weighted by Gasteiger charge is 2.43.